The third-order valence-corrected chi connectivity index (χ3v) is 3.92. The van der Waals surface area contributed by atoms with Gasteiger partial charge < -0.3 is 15.2 Å². The molecule has 0 aromatic carbocycles. The molecule has 1 aromatic rings. The molecule has 20 heavy (non-hydrogen) atoms. The van der Waals surface area contributed by atoms with Crippen LogP contribution in [0.1, 0.15) is 47.5 Å². The summed E-state index contributed by atoms with van der Waals surface area (Å²) in [6.07, 6.45) is 1.35. The fraction of sp³-hybridized carbons (Fsp3) is 0.571. The van der Waals surface area contributed by atoms with Crippen LogP contribution in [0.3, 0.4) is 0 Å². The van der Waals surface area contributed by atoms with E-state index >= 15 is 0 Å². The summed E-state index contributed by atoms with van der Waals surface area (Å²) < 4.78 is 5.06. The molecule has 5 nitrogen and oxygen atoms in total. The van der Waals surface area contributed by atoms with E-state index in [4.69, 9.17) is 9.84 Å². The Kier molecular flexibility index (Phi) is 6.67. The second kappa shape index (κ2) is 8.01. The van der Waals surface area contributed by atoms with Crippen LogP contribution in [-0.4, -0.2) is 30.2 Å². The van der Waals surface area contributed by atoms with Crippen LogP contribution in [0.15, 0.2) is 0 Å². The molecule has 0 atom stereocenters. The number of rotatable bonds is 7. The van der Waals surface area contributed by atoms with Gasteiger partial charge in [0.1, 0.15) is 5.00 Å². The number of hydrogen-bond acceptors (Lipinski definition) is 5. The van der Waals surface area contributed by atoms with Crippen LogP contribution in [0.2, 0.25) is 0 Å². The molecule has 0 saturated heterocycles. The molecule has 1 rings (SSSR count). The molecule has 0 unspecified atom stereocenters. The molecule has 0 aliphatic carbocycles. The smallest absolute Gasteiger partial charge is 0.341 e. The van der Waals surface area contributed by atoms with Gasteiger partial charge in [-0.25, -0.2) is 4.79 Å². The van der Waals surface area contributed by atoms with Crippen molar-refractivity contribution in [3.8, 4) is 0 Å². The first-order valence-corrected chi connectivity index (χ1v) is 7.56. The monoisotopic (exact) mass is 299 g/mol. The summed E-state index contributed by atoms with van der Waals surface area (Å²) in [5.74, 6) is -0.598. The lowest BCUT2D eigenvalue weighted by Gasteiger charge is -2.07. The largest absolute Gasteiger partial charge is 0.462 e. The fourth-order valence-corrected chi connectivity index (χ4v) is 3.09. The molecule has 0 spiro atoms. The number of carbonyl (C=O) groups is 2. The van der Waals surface area contributed by atoms with Gasteiger partial charge in [0.2, 0.25) is 5.91 Å². The number of aliphatic hydroxyl groups is 1. The van der Waals surface area contributed by atoms with Crippen molar-refractivity contribution in [2.75, 3.05) is 18.5 Å². The minimum atomic E-state index is -0.397. The highest BCUT2D eigenvalue weighted by Crippen LogP contribution is 2.34. The Morgan fingerprint density at radius 2 is 2.05 bits per heavy atom. The van der Waals surface area contributed by atoms with E-state index < -0.39 is 5.97 Å². The van der Waals surface area contributed by atoms with Crippen molar-refractivity contribution in [2.24, 2.45) is 0 Å². The van der Waals surface area contributed by atoms with Gasteiger partial charge in [0.15, 0.2) is 0 Å². The third kappa shape index (κ3) is 4.05. The van der Waals surface area contributed by atoms with Gasteiger partial charge in [0.25, 0.3) is 0 Å². The van der Waals surface area contributed by atoms with Crippen molar-refractivity contribution in [2.45, 2.75) is 40.0 Å². The molecule has 2 N–H and O–H groups in total. The zero-order valence-corrected chi connectivity index (χ0v) is 12.9. The Labute approximate surface area is 123 Å². The molecule has 0 saturated carbocycles. The van der Waals surface area contributed by atoms with Crippen molar-refractivity contribution in [1.29, 1.82) is 0 Å². The van der Waals surface area contributed by atoms with E-state index in [-0.39, 0.29) is 18.9 Å². The average Bonchev–Trinajstić information content (AvgIpc) is 2.72. The van der Waals surface area contributed by atoms with Gasteiger partial charge in [-0.2, -0.15) is 0 Å². The second-order valence-electron chi connectivity index (χ2n) is 4.29. The van der Waals surface area contributed by atoms with E-state index in [2.05, 4.69) is 5.32 Å². The molecule has 0 bridgehead atoms. The molecule has 6 heteroatoms. The summed E-state index contributed by atoms with van der Waals surface area (Å²) in [5.41, 5.74) is 1.39. The van der Waals surface area contributed by atoms with Crippen molar-refractivity contribution in [3.63, 3.8) is 0 Å². The molecular formula is C14H21NO4S. The summed E-state index contributed by atoms with van der Waals surface area (Å²) in [5, 5.41) is 12.0. The van der Waals surface area contributed by atoms with Gasteiger partial charge in [0.05, 0.1) is 12.2 Å². The van der Waals surface area contributed by atoms with Crippen molar-refractivity contribution in [1.82, 2.24) is 0 Å². The molecule has 0 aliphatic rings. The van der Waals surface area contributed by atoms with E-state index in [1.807, 2.05) is 13.8 Å². The Morgan fingerprint density at radius 3 is 2.60 bits per heavy atom. The van der Waals surface area contributed by atoms with Crippen molar-refractivity contribution < 1.29 is 19.4 Å². The number of nitrogens with one attached hydrogen (secondary N) is 1. The summed E-state index contributed by atoms with van der Waals surface area (Å²) in [6, 6.07) is 0. The fourth-order valence-electron chi connectivity index (χ4n) is 1.94. The SMILES string of the molecule is CCOC(=O)c1c(NC(=O)CCCO)sc(C)c1CC. The van der Waals surface area contributed by atoms with Crippen molar-refractivity contribution in [3.05, 3.63) is 16.0 Å². The van der Waals surface area contributed by atoms with Crippen LogP contribution in [-0.2, 0) is 16.0 Å². The summed E-state index contributed by atoms with van der Waals surface area (Å²) >= 11 is 1.39. The van der Waals surface area contributed by atoms with E-state index in [1.165, 1.54) is 11.3 Å². The molecular weight excluding hydrogens is 278 g/mol. The highest BCUT2D eigenvalue weighted by molar-refractivity contribution is 7.16. The molecule has 0 radical (unpaired) electrons. The van der Waals surface area contributed by atoms with Crippen molar-refractivity contribution >= 4 is 28.2 Å². The first kappa shape index (κ1) is 16.7. The maximum absolute atomic E-state index is 12.0. The molecule has 1 amide bonds. The molecule has 1 heterocycles. The quantitative estimate of drug-likeness (QED) is 0.759. The summed E-state index contributed by atoms with van der Waals surface area (Å²) in [7, 11) is 0. The van der Waals surface area contributed by atoms with E-state index in [0.29, 0.717) is 30.0 Å². The third-order valence-electron chi connectivity index (χ3n) is 2.86. The molecule has 0 aliphatic heterocycles. The zero-order valence-electron chi connectivity index (χ0n) is 12.1. The number of amides is 1. The van der Waals surface area contributed by atoms with E-state index in [9.17, 15) is 9.59 Å². The van der Waals surface area contributed by atoms with Gasteiger partial charge >= 0.3 is 5.97 Å². The standard InChI is InChI=1S/C14H21NO4S/c1-4-10-9(3)20-13(12(10)14(18)19-5-2)15-11(17)7-6-8-16/h16H,4-8H2,1-3H3,(H,15,17). The van der Waals surface area contributed by atoms with Crippen LogP contribution in [0.25, 0.3) is 0 Å². The van der Waals surface area contributed by atoms with Gasteiger partial charge in [-0.05, 0) is 32.3 Å². The number of carbonyl (C=O) groups excluding carboxylic acids is 2. The topological polar surface area (TPSA) is 75.6 Å². The number of esters is 1. The highest BCUT2D eigenvalue weighted by Gasteiger charge is 2.23. The van der Waals surface area contributed by atoms with Gasteiger partial charge in [-0.1, -0.05) is 6.92 Å². The van der Waals surface area contributed by atoms with E-state index in [0.717, 1.165) is 10.4 Å². The Balaban J connectivity index is 3.00. The maximum atomic E-state index is 12.0. The van der Waals surface area contributed by atoms with Crippen LogP contribution in [0.5, 0.6) is 0 Å². The van der Waals surface area contributed by atoms with Crippen LogP contribution >= 0.6 is 11.3 Å². The number of anilines is 1. The minimum absolute atomic E-state index is 0.0260. The number of ether oxygens (including phenoxy) is 1. The van der Waals surface area contributed by atoms with Crippen LogP contribution in [0, 0.1) is 6.92 Å². The van der Waals surface area contributed by atoms with Crippen LogP contribution in [0.4, 0.5) is 5.00 Å². The Bertz CT molecular complexity index is 482. The van der Waals surface area contributed by atoms with Gasteiger partial charge in [-0.3, -0.25) is 4.79 Å². The average molecular weight is 299 g/mol. The number of aryl methyl sites for hydroxylation is 1. The number of hydrogen-bond donors (Lipinski definition) is 2. The second-order valence-corrected chi connectivity index (χ2v) is 5.52. The lowest BCUT2D eigenvalue weighted by molar-refractivity contribution is -0.116. The lowest BCUT2D eigenvalue weighted by Crippen LogP contribution is -2.15. The predicted octanol–water partition coefficient (Wildman–Crippen LogP) is 2.51. The highest BCUT2D eigenvalue weighted by atomic mass is 32.1. The van der Waals surface area contributed by atoms with E-state index in [1.54, 1.807) is 6.92 Å². The Hall–Kier alpha value is -1.40. The maximum Gasteiger partial charge on any atom is 0.341 e. The molecule has 0 fully saturated rings. The minimum Gasteiger partial charge on any atom is -0.462 e. The van der Waals surface area contributed by atoms with Gasteiger partial charge in [0, 0.05) is 17.9 Å². The Morgan fingerprint density at radius 1 is 1.35 bits per heavy atom. The first-order chi connectivity index (χ1) is 9.54. The molecule has 1 aromatic heterocycles. The normalized spacial score (nSPS) is 10.4. The predicted molar refractivity (Wildman–Crippen MR) is 79.3 cm³/mol. The summed E-state index contributed by atoms with van der Waals surface area (Å²) in [6.45, 7) is 5.92. The zero-order chi connectivity index (χ0) is 15.1. The summed E-state index contributed by atoms with van der Waals surface area (Å²) in [4.78, 5) is 24.8. The number of aliphatic hydroxyl groups excluding tert-OH is 1. The van der Waals surface area contributed by atoms with Crippen LogP contribution < -0.4 is 5.32 Å². The molecule has 112 valence electrons. The first-order valence-electron chi connectivity index (χ1n) is 6.75. The number of thiophene rings is 1. The van der Waals surface area contributed by atoms with Gasteiger partial charge in [-0.15, -0.1) is 11.3 Å². The lowest BCUT2D eigenvalue weighted by atomic mass is 10.1.